The highest BCUT2D eigenvalue weighted by Crippen LogP contribution is 2.24. The second kappa shape index (κ2) is 5.77. The van der Waals surface area contributed by atoms with Crippen molar-refractivity contribution in [2.45, 2.75) is 0 Å². The van der Waals surface area contributed by atoms with Crippen LogP contribution in [-0.2, 0) is 4.79 Å². The van der Waals surface area contributed by atoms with Gasteiger partial charge in [-0.05, 0) is 35.9 Å². The molecule has 0 aliphatic rings. The first-order valence-electron chi connectivity index (χ1n) is 5.43. The molecule has 0 bridgehead atoms. The van der Waals surface area contributed by atoms with E-state index in [0.29, 0.717) is 11.3 Å². The van der Waals surface area contributed by atoms with Gasteiger partial charge in [-0.2, -0.15) is 0 Å². The van der Waals surface area contributed by atoms with Crippen molar-refractivity contribution in [3.8, 4) is 11.5 Å². The Morgan fingerprint density at radius 2 is 2.21 bits per heavy atom. The summed E-state index contributed by atoms with van der Waals surface area (Å²) in [5.74, 6) is -1.18. The minimum atomic E-state index is -1.09. The summed E-state index contributed by atoms with van der Waals surface area (Å²) >= 11 is 0. The number of rotatable bonds is 4. The van der Waals surface area contributed by atoms with Crippen molar-refractivity contribution in [1.82, 2.24) is 4.98 Å². The quantitative estimate of drug-likeness (QED) is 0.857. The van der Waals surface area contributed by atoms with Crippen LogP contribution in [0.25, 0.3) is 6.08 Å². The first kappa shape index (κ1) is 12.8. The maximum atomic E-state index is 13.7. The van der Waals surface area contributed by atoms with Crippen LogP contribution in [0.5, 0.6) is 11.5 Å². The molecule has 0 unspecified atom stereocenters. The van der Waals surface area contributed by atoms with Crippen LogP contribution < -0.4 is 4.74 Å². The zero-order valence-electron chi connectivity index (χ0n) is 9.79. The molecule has 1 heterocycles. The van der Waals surface area contributed by atoms with E-state index in [9.17, 15) is 9.18 Å². The number of pyridine rings is 1. The molecule has 4 nitrogen and oxygen atoms in total. The van der Waals surface area contributed by atoms with Crippen molar-refractivity contribution in [2.24, 2.45) is 0 Å². The fourth-order valence-electron chi connectivity index (χ4n) is 1.41. The lowest BCUT2D eigenvalue weighted by Crippen LogP contribution is -1.90. The van der Waals surface area contributed by atoms with E-state index < -0.39 is 11.8 Å². The average molecular weight is 259 g/mol. The second-order valence-corrected chi connectivity index (χ2v) is 3.65. The van der Waals surface area contributed by atoms with Crippen LogP contribution in [0, 0.1) is 5.82 Å². The van der Waals surface area contributed by atoms with Gasteiger partial charge in [-0.1, -0.05) is 6.07 Å². The SMILES string of the molecule is O=C(O)/C=C/c1ccc(Oc2cccnc2)c(F)c1. The average Bonchev–Trinajstić information content (AvgIpc) is 2.40. The maximum absolute atomic E-state index is 13.7. The van der Waals surface area contributed by atoms with Crippen molar-refractivity contribution < 1.29 is 19.0 Å². The van der Waals surface area contributed by atoms with E-state index in [-0.39, 0.29) is 5.75 Å². The Morgan fingerprint density at radius 1 is 1.37 bits per heavy atom. The van der Waals surface area contributed by atoms with E-state index in [1.807, 2.05) is 0 Å². The largest absolute Gasteiger partial charge is 0.478 e. The smallest absolute Gasteiger partial charge is 0.328 e. The van der Waals surface area contributed by atoms with Gasteiger partial charge in [0, 0.05) is 12.3 Å². The number of ether oxygens (including phenoxy) is 1. The molecular weight excluding hydrogens is 249 g/mol. The summed E-state index contributed by atoms with van der Waals surface area (Å²) in [6.45, 7) is 0. The van der Waals surface area contributed by atoms with Crippen LogP contribution in [0.2, 0.25) is 0 Å². The number of hydrogen-bond acceptors (Lipinski definition) is 3. The summed E-state index contributed by atoms with van der Waals surface area (Å²) in [4.78, 5) is 14.2. The molecule has 1 aromatic carbocycles. The second-order valence-electron chi connectivity index (χ2n) is 3.65. The molecule has 0 radical (unpaired) electrons. The summed E-state index contributed by atoms with van der Waals surface area (Å²) in [6.07, 6.45) is 5.30. The highest BCUT2D eigenvalue weighted by atomic mass is 19.1. The summed E-state index contributed by atoms with van der Waals surface area (Å²) in [7, 11) is 0. The molecule has 0 fully saturated rings. The lowest BCUT2D eigenvalue weighted by Gasteiger charge is -2.06. The van der Waals surface area contributed by atoms with Gasteiger partial charge >= 0.3 is 5.97 Å². The maximum Gasteiger partial charge on any atom is 0.328 e. The Morgan fingerprint density at radius 3 is 2.84 bits per heavy atom. The van der Waals surface area contributed by atoms with Gasteiger partial charge in [0.15, 0.2) is 11.6 Å². The van der Waals surface area contributed by atoms with Gasteiger partial charge in [0.2, 0.25) is 0 Å². The summed E-state index contributed by atoms with van der Waals surface area (Å²) in [6, 6.07) is 7.53. The van der Waals surface area contributed by atoms with Crippen LogP contribution in [0.3, 0.4) is 0 Å². The number of benzene rings is 1. The molecule has 2 rings (SSSR count). The molecule has 19 heavy (non-hydrogen) atoms. The highest BCUT2D eigenvalue weighted by molar-refractivity contribution is 5.85. The third kappa shape index (κ3) is 3.64. The third-order valence-electron chi connectivity index (χ3n) is 2.24. The topological polar surface area (TPSA) is 59.4 Å². The number of carboxylic acids is 1. The van der Waals surface area contributed by atoms with Gasteiger partial charge in [-0.3, -0.25) is 4.98 Å². The zero-order chi connectivity index (χ0) is 13.7. The number of aromatic nitrogens is 1. The van der Waals surface area contributed by atoms with Crippen molar-refractivity contribution in [3.05, 3.63) is 60.2 Å². The van der Waals surface area contributed by atoms with Crippen LogP contribution in [-0.4, -0.2) is 16.1 Å². The summed E-state index contributed by atoms with van der Waals surface area (Å²) in [5, 5.41) is 8.48. The van der Waals surface area contributed by atoms with E-state index in [1.165, 1.54) is 24.4 Å². The number of carboxylic acid groups (broad SMARTS) is 1. The lowest BCUT2D eigenvalue weighted by molar-refractivity contribution is -0.131. The summed E-state index contributed by atoms with van der Waals surface area (Å²) in [5.41, 5.74) is 0.443. The fraction of sp³-hybridized carbons (Fsp3) is 0. The Labute approximate surface area is 108 Å². The Balaban J connectivity index is 2.18. The summed E-state index contributed by atoms with van der Waals surface area (Å²) < 4.78 is 19.0. The number of carbonyl (C=O) groups is 1. The Kier molecular flexibility index (Phi) is 3.87. The molecule has 5 heteroatoms. The predicted molar refractivity (Wildman–Crippen MR) is 67.4 cm³/mol. The van der Waals surface area contributed by atoms with Crippen LogP contribution in [0.1, 0.15) is 5.56 Å². The van der Waals surface area contributed by atoms with E-state index in [4.69, 9.17) is 9.84 Å². The molecule has 96 valence electrons. The van der Waals surface area contributed by atoms with E-state index in [1.54, 1.807) is 24.4 Å². The van der Waals surface area contributed by atoms with E-state index >= 15 is 0 Å². The van der Waals surface area contributed by atoms with Gasteiger partial charge in [-0.15, -0.1) is 0 Å². The minimum Gasteiger partial charge on any atom is -0.478 e. The Bertz CT molecular complexity index is 611. The molecular formula is C14H10FNO3. The number of aliphatic carboxylic acids is 1. The molecule has 0 saturated carbocycles. The van der Waals surface area contributed by atoms with Gasteiger partial charge in [0.1, 0.15) is 5.75 Å². The molecule has 0 aliphatic carbocycles. The van der Waals surface area contributed by atoms with Crippen molar-refractivity contribution in [3.63, 3.8) is 0 Å². The first-order valence-corrected chi connectivity index (χ1v) is 5.43. The van der Waals surface area contributed by atoms with Crippen LogP contribution in [0.15, 0.2) is 48.8 Å². The fourth-order valence-corrected chi connectivity index (χ4v) is 1.41. The monoisotopic (exact) mass is 259 g/mol. The molecule has 0 atom stereocenters. The van der Waals surface area contributed by atoms with Crippen molar-refractivity contribution in [1.29, 1.82) is 0 Å². The molecule has 1 N–H and O–H groups in total. The number of nitrogens with zero attached hydrogens (tertiary/aromatic N) is 1. The molecule has 0 amide bonds. The number of halogens is 1. The lowest BCUT2D eigenvalue weighted by atomic mass is 10.2. The van der Waals surface area contributed by atoms with Crippen molar-refractivity contribution in [2.75, 3.05) is 0 Å². The standard InChI is InChI=1S/C14H10FNO3/c15-12-8-10(4-6-14(17)18)3-5-13(12)19-11-2-1-7-16-9-11/h1-9H,(H,17,18)/b6-4+. The number of hydrogen-bond donors (Lipinski definition) is 1. The molecule has 0 spiro atoms. The molecule has 2 aromatic rings. The molecule has 1 aromatic heterocycles. The van der Waals surface area contributed by atoms with Crippen LogP contribution in [0.4, 0.5) is 4.39 Å². The predicted octanol–water partition coefficient (Wildman–Crippen LogP) is 3.11. The van der Waals surface area contributed by atoms with Gasteiger partial charge in [0.05, 0.1) is 6.20 Å². The van der Waals surface area contributed by atoms with E-state index in [2.05, 4.69) is 4.98 Å². The van der Waals surface area contributed by atoms with Crippen LogP contribution >= 0.6 is 0 Å². The molecule has 0 aliphatic heterocycles. The zero-order valence-corrected chi connectivity index (χ0v) is 9.79. The highest BCUT2D eigenvalue weighted by Gasteiger charge is 2.05. The van der Waals surface area contributed by atoms with Gasteiger partial charge in [-0.25, -0.2) is 9.18 Å². The van der Waals surface area contributed by atoms with Crippen molar-refractivity contribution >= 4 is 12.0 Å². The third-order valence-corrected chi connectivity index (χ3v) is 2.24. The van der Waals surface area contributed by atoms with E-state index in [0.717, 1.165) is 6.08 Å². The first-order chi connectivity index (χ1) is 9.15. The minimum absolute atomic E-state index is 0.0560. The Hall–Kier alpha value is -2.69. The normalized spacial score (nSPS) is 10.6. The van der Waals surface area contributed by atoms with Gasteiger partial charge in [0.25, 0.3) is 0 Å². The molecule has 0 saturated heterocycles. The van der Waals surface area contributed by atoms with Gasteiger partial charge < -0.3 is 9.84 Å².